The zero-order valence-corrected chi connectivity index (χ0v) is 18.3. The summed E-state index contributed by atoms with van der Waals surface area (Å²) in [6, 6.07) is 14.1. The van der Waals surface area contributed by atoms with Crippen molar-refractivity contribution in [3.05, 3.63) is 48.2 Å². The number of nitrogens with one attached hydrogen (secondary N) is 1. The highest BCUT2D eigenvalue weighted by molar-refractivity contribution is 14.1. The lowest BCUT2D eigenvalue weighted by Crippen LogP contribution is -2.10. The van der Waals surface area contributed by atoms with E-state index in [0.717, 1.165) is 35.5 Å². The average Bonchev–Trinajstić information content (AvgIpc) is 3.29. The molecular formula is C19H21IN8O. The fraction of sp³-hybridized carbons (Fsp3) is 0.316. The molecular weight excluding hydrogens is 483 g/mol. The molecule has 0 amide bonds. The van der Waals surface area contributed by atoms with Gasteiger partial charge in [0.25, 0.3) is 5.95 Å². The van der Waals surface area contributed by atoms with Gasteiger partial charge in [-0.3, -0.25) is 0 Å². The molecule has 10 heteroatoms. The maximum Gasteiger partial charge on any atom is 0.305 e. The molecule has 29 heavy (non-hydrogen) atoms. The van der Waals surface area contributed by atoms with E-state index in [1.165, 1.54) is 0 Å². The summed E-state index contributed by atoms with van der Waals surface area (Å²) in [6.07, 6.45) is 1.08. The largest absolute Gasteiger partial charge is 0.458 e. The molecule has 0 aliphatic heterocycles. The van der Waals surface area contributed by atoms with E-state index in [1.54, 1.807) is 16.3 Å². The van der Waals surface area contributed by atoms with Crippen molar-refractivity contribution in [1.82, 2.24) is 34.7 Å². The van der Waals surface area contributed by atoms with Gasteiger partial charge in [-0.25, -0.2) is 14.2 Å². The molecule has 0 aliphatic carbocycles. The first-order valence-electron chi connectivity index (χ1n) is 9.28. The molecule has 0 radical (unpaired) electrons. The number of tetrazole rings is 1. The summed E-state index contributed by atoms with van der Waals surface area (Å²) in [5.41, 5.74) is 2.49. The summed E-state index contributed by atoms with van der Waals surface area (Å²) in [5, 5.41) is 15.1. The van der Waals surface area contributed by atoms with Crippen molar-refractivity contribution in [3.8, 4) is 12.0 Å². The van der Waals surface area contributed by atoms with E-state index in [1.807, 2.05) is 42.5 Å². The minimum atomic E-state index is 0.285. The van der Waals surface area contributed by atoms with Gasteiger partial charge in [-0.15, -0.1) is 0 Å². The number of benzene rings is 1. The first-order valence-corrected chi connectivity index (χ1v) is 10.5. The Kier molecular flexibility index (Phi) is 5.88. The maximum atomic E-state index is 6.04. The number of alkyl halides is 1. The standard InChI is InChI=1S/C19H21IN8O/c1-13(20)10-11-21-17-9-5-6-14(22-17)12-29-19-23-15-7-3-4-8-16(15)28(19)18-24-25-26-27(18)2/h3-9,13H,10-12H2,1-2H3,(H,21,22). The number of nitrogens with zero attached hydrogens (tertiary/aromatic N) is 7. The van der Waals surface area contributed by atoms with E-state index in [4.69, 9.17) is 4.74 Å². The third-order valence-corrected chi connectivity index (χ3v) is 4.95. The molecule has 1 N–H and O–H groups in total. The minimum Gasteiger partial charge on any atom is -0.458 e. The number of anilines is 1. The number of para-hydroxylation sites is 2. The first kappa shape index (κ1) is 19.6. The van der Waals surface area contributed by atoms with E-state index in [0.29, 0.717) is 15.9 Å². The van der Waals surface area contributed by atoms with E-state index >= 15 is 0 Å². The molecule has 1 atom stereocenters. The normalized spacial score (nSPS) is 12.2. The highest BCUT2D eigenvalue weighted by Crippen LogP contribution is 2.25. The van der Waals surface area contributed by atoms with E-state index in [2.05, 4.69) is 60.3 Å². The Morgan fingerprint density at radius 1 is 1.14 bits per heavy atom. The summed E-state index contributed by atoms with van der Waals surface area (Å²) in [4.78, 5) is 9.23. The first-order chi connectivity index (χ1) is 14.1. The molecule has 0 fully saturated rings. The van der Waals surface area contributed by atoms with Gasteiger partial charge in [-0.05, 0) is 41.1 Å². The van der Waals surface area contributed by atoms with E-state index < -0.39 is 0 Å². The lowest BCUT2D eigenvalue weighted by Gasteiger charge is -2.10. The third-order valence-electron chi connectivity index (χ3n) is 4.33. The van der Waals surface area contributed by atoms with Gasteiger partial charge in [-0.2, -0.15) is 4.98 Å². The van der Waals surface area contributed by atoms with Crippen molar-refractivity contribution in [3.63, 3.8) is 0 Å². The fourth-order valence-corrected chi connectivity index (χ4v) is 3.22. The average molecular weight is 504 g/mol. The fourth-order valence-electron chi connectivity index (χ4n) is 2.90. The van der Waals surface area contributed by atoms with Gasteiger partial charge >= 0.3 is 6.01 Å². The molecule has 1 aromatic carbocycles. The Bertz CT molecular complexity index is 1110. The van der Waals surface area contributed by atoms with Crippen LogP contribution in [0.5, 0.6) is 6.01 Å². The second-order valence-corrected chi connectivity index (χ2v) is 8.75. The smallest absolute Gasteiger partial charge is 0.305 e. The second-order valence-electron chi connectivity index (χ2n) is 6.62. The van der Waals surface area contributed by atoms with Crippen LogP contribution in [0.3, 0.4) is 0 Å². The van der Waals surface area contributed by atoms with Gasteiger partial charge in [0, 0.05) is 17.5 Å². The van der Waals surface area contributed by atoms with Crippen LogP contribution in [0.4, 0.5) is 5.82 Å². The monoisotopic (exact) mass is 504 g/mol. The number of hydrogen-bond donors (Lipinski definition) is 1. The van der Waals surface area contributed by atoms with Crippen LogP contribution in [0.15, 0.2) is 42.5 Å². The van der Waals surface area contributed by atoms with Crippen LogP contribution < -0.4 is 10.1 Å². The topological polar surface area (TPSA) is 95.6 Å². The Morgan fingerprint density at radius 3 is 2.79 bits per heavy atom. The van der Waals surface area contributed by atoms with Crippen molar-refractivity contribution in [2.75, 3.05) is 11.9 Å². The third kappa shape index (κ3) is 4.47. The minimum absolute atomic E-state index is 0.285. The molecule has 1 unspecified atom stereocenters. The van der Waals surface area contributed by atoms with Crippen molar-refractivity contribution in [2.24, 2.45) is 7.05 Å². The highest BCUT2D eigenvalue weighted by atomic mass is 127. The predicted molar refractivity (Wildman–Crippen MR) is 119 cm³/mol. The summed E-state index contributed by atoms with van der Waals surface area (Å²) >= 11 is 2.42. The van der Waals surface area contributed by atoms with Crippen LogP contribution >= 0.6 is 22.6 Å². The number of halogens is 1. The molecule has 0 spiro atoms. The van der Waals surface area contributed by atoms with Crippen molar-refractivity contribution < 1.29 is 4.74 Å². The molecule has 4 rings (SSSR count). The lowest BCUT2D eigenvalue weighted by atomic mass is 10.3. The molecule has 150 valence electrons. The zero-order valence-electron chi connectivity index (χ0n) is 16.2. The molecule has 0 aliphatic rings. The number of aromatic nitrogens is 7. The van der Waals surface area contributed by atoms with Gasteiger partial charge in [0.2, 0.25) is 0 Å². The summed E-state index contributed by atoms with van der Waals surface area (Å²) < 4.78 is 10.0. The quantitative estimate of drug-likeness (QED) is 0.291. The molecule has 3 heterocycles. The van der Waals surface area contributed by atoms with Crippen LogP contribution in [0.2, 0.25) is 0 Å². The van der Waals surface area contributed by atoms with Crippen LogP contribution in [0, 0.1) is 0 Å². The maximum absolute atomic E-state index is 6.04. The number of pyridine rings is 1. The van der Waals surface area contributed by atoms with Gasteiger partial charge in [0.15, 0.2) is 0 Å². The van der Waals surface area contributed by atoms with Gasteiger partial charge < -0.3 is 10.1 Å². The molecule has 3 aromatic heterocycles. The molecule has 0 saturated heterocycles. The number of fused-ring (bicyclic) bond motifs is 1. The van der Waals surface area contributed by atoms with E-state index in [9.17, 15) is 0 Å². The van der Waals surface area contributed by atoms with Crippen LogP contribution in [-0.2, 0) is 13.7 Å². The number of aryl methyl sites for hydroxylation is 1. The van der Waals surface area contributed by atoms with Gasteiger partial charge in [0.05, 0.1) is 16.7 Å². The Balaban J connectivity index is 1.56. The SMILES string of the molecule is CC(I)CCNc1cccc(COc2nc3ccccc3n2-c2nnnn2C)n1. The summed E-state index contributed by atoms with van der Waals surface area (Å²) in [6.45, 7) is 3.36. The molecule has 9 nitrogen and oxygen atoms in total. The highest BCUT2D eigenvalue weighted by Gasteiger charge is 2.18. The molecule has 0 bridgehead atoms. The van der Waals surface area contributed by atoms with Gasteiger partial charge in [0.1, 0.15) is 12.4 Å². The van der Waals surface area contributed by atoms with Crippen molar-refractivity contribution in [2.45, 2.75) is 23.9 Å². The van der Waals surface area contributed by atoms with Crippen molar-refractivity contribution in [1.29, 1.82) is 0 Å². The predicted octanol–water partition coefficient (Wildman–Crippen LogP) is 3.15. The van der Waals surface area contributed by atoms with Crippen molar-refractivity contribution >= 4 is 39.4 Å². The number of imidazole rings is 1. The Labute approximate surface area is 181 Å². The molecule has 4 aromatic rings. The molecule has 0 saturated carbocycles. The number of hydrogen-bond acceptors (Lipinski definition) is 7. The second kappa shape index (κ2) is 8.72. The lowest BCUT2D eigenvalue weighted by molar-refractivity contribution is 0.272. The number of rotatable bonds is 8. The summed E-state index contributed by atoms with van der Waals surface area (Å²) in [5.74, 6) is 1.37. The number of ether oxygens (including phenoxy) is 1. The Hall–Kier alpha value is -2.76. The van der Waals surface area contributed by atoms with Crippen LogP contribution in [-0.4, -0.2) is 45.2 Å². The zero-order chi connectivity index (χ0) is 20.2. The van der Waals surface area contributed by atoms with Crippen LogP contribution in [0.25, 0.3) is 17.0 Å². The van der Waals surface area contributed by atoms with Crippen LogP contribution in [0.1, 0.15) is 19.0 Å². The van der Waals surface area contributed by atoms with E-state index in [-0.39, 0.29) is 6.61 Å². The van der Waals surface area contributed by atoms with Gasteiger partial charge in [-0.1, -0.05) is 52.8 Å². The Morgan fingerprint density at radius 2 is 2.00 bits per heavy atom. The summed E-state index contributed by atoms with van der Waals surface area (Å²) in [7, 11) is 1.78.